The number of aliphatic hydroxyl groups excluding tert-OH is 2. The smallest absolute Gasteiger partial charge is 0.224 e. The SMILES string of the molecule is O=C(CCC1CCCCC1)Nc1cn(C(CO)CO)c2cccc(Br)c12. The Morgan fingerprint density at radius 2 is 1.96 bits per heavy atom. The first-order valence-corrected chi connectivity index (χ1v) is 10.2. The van der Waals surface area contributed by atoms with E-state index in [1.165, 1.54) is 32.1 Å². The summed E-state index contributed by atoms with van der Waals surface area (Å²) in [6.07, 6.45) is 9.68. The van der Waals surface area contributed by atoms with Crippen LogP contribution in [-0.2, 0) is 4.79 Å². The fraction of sp³-hybridized carbons (Fsp3) is 0.550. The van der Waals surface area contributed by atoms with Gasteiger partial charge in [0.05, 0.1) is 30.5 Å². The van der Waals surface area contributed by atoms with Crippen molar-refractivity contribution in [1.29, 1.82) is 0 Å². The molecule has 1 aliphatic carbocycles. The molecule has 2 aromatic rings. The Morgan fingerprint density at radius 3 is 2.65 bits per heavy atom. The van der Waals surface area contributed by atoms with Gasteiger partial charge in [0.1, 0.15) is 0 Å². The lowest BCUT2D eigenvalue weighted by atomic mass is 9.86. The van der Waals surface area contributed by atoms with Gasteiger partial charge in [-0.05, 0) is 24.5 Å². The summed E-state index contributed by atoms with van der Waals surface area (Å²) < 4.78 is 2.71. The number of nitrogens with zero attached hydrogens (tertiary/aromatic N) is 1. The molecule has 1 fully saturated rings. The first kappa shape index (κ1) is 19.4. The predicted octanol–water partition coefficient (Wildman–Crippen LogP) is 4.23. The van der Waals surface area contributed by atoms with Gasteiger partial charge in [0, 0.05) is 22.5 Å². The monoisotopic (exact) mass is 422 g/mol. The van der Waals surface area contributed by atoms with Crippen LogP contribution in [0.5, 0.6) is 0 Å². The van der Waals surface area contributed by atoms with Crippen LogP contribution in [0.15, 0.2) is 28.9 Å². The Hall–Kier alpha value is -1.37. The molecule has 1 amide bonds. The third-order valence-electron chi connectivity index (χ3n) is 5.40. The molecule has 0 spiro atoms. The molecule has 1 aromatic carbocycles. The summed E-state index contributed by atoms with van der Waals surface area (Å²) in [4.78, 5) is 12.5. The van der Waals surface area contributed by atoms with Crippen molar-refractivity contribution >= 4 is 38.4 Å². The molecule has 1 saturated carbocycles. The normalized spacial score (nSPS) is 15.7. The van der Waals surface area contributed by atoms with E-state index in [1.807, 2.05) is 29.0 Å². The number of aliphatic hydroxyl groups is 2. The molecule has 0 atom stereocenters. The highest BCUT2D eigenvalue weighted by Crippen LogP contribution is 2.35. The van der Waals surface area contributed by atoms with Gasteiger partial charge in [0.25, 0.3) is 0 Å². The van der Waals surface area contributed by atoms with Crippen LogP contribution < -0.4 is 5.32 Å². The Morgan fingerprint density at radius 1 is 1.23 bits per heavy atom. The number of nitrogens with one attached hydrogen (secondary N) is 1. The third kappa shape index (κ3) is 4.30. The highest BCUT2D eigenvalue weighted by molar-refractivity contribution is 9.10. The molecule has 0 saturated heterocycles. The number of rotatable bonds is 7. The van der Waals surface area contributed by atoms with Crippen molar-refractivity contribution in [3.05, 3.63) is 28.9 Å². The van der Waals surface area contributed by atoms with Crippen LogP contribution in [0.3, 0.4) is 0 Å². The molecule has 3 rings (SSSR count). The van der Waals surface area contributed by atoms with Crippen LogP contribution >= 0.6 is 15.9 Å². The molecule has 26 heavy (non-hydrogen) atoms. The van der Waals surface area contributed by atoms with Gasteiger partial charge in [-0.15, -0.1) is 0 Å². The van der Waals surface area contributed by atoms with E-state index in [-0.39, 0.29) is 19.1 Å². The summed E-state index contributed by atoms with van der Waals surface area (Å²) in [5, 5.41) is 23.0. The maximum absolute atomic E-state index is 12.5. The lowest BCUT2D eigenvalue weighted by molar-refractivity contribution is -0.116. The van der Waals surface area contributed by atoms with Crippen molar-refractivity contribution in [3.8, 4) is 0 Å². The van der Waals surface area contributed by atoms with Crippen molar-refractivity contribution < 1.29 is 15.0 Å². The van der Waals surface area contributed by atoms with E-state index in [0.717, 1.165) is 21.8 Å². The minimum absolute atomic E-state index is 0.0231. The number of fused-ring (bicyclic) bond motifs is 1. The molecule has 0 aliphatic heterocycles. The van der Waals surface area contributed by atoms with Crippen molar-refractivity contribution in [2.24, 2.45) is 5.92 Å². The van der Waals surface area contributed by atoms with Gasteiger partial charge in [0.2, 0.25) is 5.91 Å². The molecule has 1 heterocycles. The summed E-state index contributed by atoms with van der Waals surface area (Å²) in [6, 6.07) is 5.33. The van der Waals surface area contributed by atoms with Gasteiger partial charge < -0.3 is 20.1 Å². The number of amides is 1. The van der Waals surface area contributed by atoms with Crippen LogP contribution in [0, 0.1) is 5.92 Å². The summed E-state index contributed by atoms with van der Waals surface area (Å²) in [5.74, 6) is 0.700. The number of carbonyl (C=O) groups is 1. The Balaban J connectivity index is 1.77. The first-order valence-electron chi connectivity index (χ1n) is 9.44. The van der Waals surface area contributed by atoms with E-state index in [4.69, 9.17) is 0 Å². The van der Waals surface area contributed by atoms with Crippen LogP contribution in [0.4, 0.5) is 5.69 Å². The molecule has 5 nitrogen and oxygen atoms in total. The Bertz CT molecular complexity index is 749. The molecule has 3 N–H and O–H groups in total. The quantitative estimate of drug-likeness (QED) is 0.624. The third-order valence-corrected chi connectivity index (χ3v) is 6.06. The molecular formula is C20H27BrN2O3. The number of carbonyl (C=O) groups excluding carboxylic acids is 1. The van der Waals surface area contributed by atoms with E-state index in [2.05, 4.69) is 21.2 Å². The topological polar surface area (TPSA) is 74.5 Å². The molecular weight excluding hydrogens is 396 g/mol. The molecule has 6 heteroatoms. The second-order valence-electron chi connectivity index (χ2n) is 7.19. The zero-order chi connectivity index (χ0) is 18.5. The fourth-order valence-corrected chi connectivity index (χ4v) is 4.49. The summed E-state index contributed by atoms with van der Waals surface area (Å²) in [7, 11) is 0. The number of hydrogen-bond acceptors (Lipinski definition) is 3. The van der Waals surface area contributed by atoms with Crippen molar-refractivity contribution in [1.82, 2.24) is 4.57 Å². The largest absolute Gasteiger partial charge is 0.394 e. The van der Waals surface area contributed by atoms with Crippen LogP contribution in [0.25, 0.3) is 10.9 Å². The number of aromatic nitrogens is 1. The van der Waals surface area contributed by atoms with Gasteiger partial charge in [-0.2, -0.15) is 0 Å². The van der Waals surface area contributed by atoms with Crippen molar-refractivity contribution in [2.45, 2.75) is 51.0 Å². The maximum Gasteiger partial charge on any atom is 0.224 e. The molecule has 142 valence electrons. The minimum Gasteiger partial charge on any atom is -0.394 e. The highest BCUT2D eigenvalue weighted by atomic mass is 79.9. The number of benzene rings is 1. The maximum atomic E-state index is 12.5. The lowest BCUT2D eigenvalue weighted by Crippen LogP contribution is -2.16. The van der Waals surface area contributed by atoms with Crippen LogP contribution in [0.1, 0.15) is 51.0 Å². The number of hydrogen-bond donors (Lipinski definition) is 3. The van der Waals surface area contributed by atoms with E-state index < -0.39 is 6.04 Å². The second kappa shape index (κ2) is 9.02. The summed E-state index contributed by atoms with van der Waals surface area (Å²) in [6.45, 7) is -0.330. The van der Waals surface area contributed by atoms with E-state index in [9.17, 15) is 15.0 Å². The van der Waals surface area contributed by atoms with E-state index in [0.29, 0.717) is 18.0 Å². The van der Waals surface area contributed by atoms with Gasteiger partial charge in [-0.3, -0.25) is 4.79 Å². The van der Waals surface area contributed by atoms with E-state index in [1.54, 1.807) is 0 Å². The highest BCUT2D eigenvalue weighted by Gasteiger charge is 2.19. The molecule has 0 radical (unpaired) electrons. The lowest BCUT2D eigenvalue weighted by Gasteiger charge is -2.20. The number of anilines is 1. The molecule has 1 aliphatic rings. The first-order chi connectivity index (χ1) is 12.6. The van der Waals surface area contributed by atoms with Gasteiger partial charge in [-0.1, -0.05) is 54.1 Å². The fourth-order valence-electron chi connectivity index (χ4n) is 3.92. The van der Waals surface area contributed by atoms with Crippen molar-refractivity contribution in [2.75, 3.05) is 18.5 Å². The van der Waals surface area contributed by atoms with Crippen LogP contribution in [0.2, 0.25) is 0 Å². The van der Waals surface area contributed by atoms with Crippen molar-refractivity contribution in [3.63, 3.8) is 0 Å². The predicted molar refractivity (Wildman–Crippen MR) is 107 cm³/mol. The molecule has 1 aromatic heterocycles. The van der Waals surface area contributed by atoms with Gasteiger partial charge in [0.15, 0.2) is 0 Å². The zero-order valence-corrected chi connectivity index (χ0v) is 16.5. The minimum atomic E-state index is -0.431. The average molecular weight is 423 g/mol. The summed E-state index contributed by atoms with van der Waals surface area (Å²) in [5.41, 5.74) is 1.59. The second-order valence-corrected chi connectivity index (χ2v) is 8.05. The molecule has 0 bridgehead atoms. The average Bonchev–Trinajstić information content (AvgIpc) is 3.02. The molecule has 0 unspecified atom stereocenters. The van der Waals surface area contributed by atoms with Crippen LogP contribution in [-0.4, -0.2) is 33.9 Å². The standard InChI is InChI=1S/C20H27BrN2O3/c21-16-7-4-8-18-20(16)17(11-23(18)15(12-24)13-25)22-19(26)10-9-14-5-2-1-3-6-14/h4,7-8,11,14-15,24-25H,1-3,5-6,9-10,12-13H2,(H,22,26). The Kier molecular flexibility index (Phi) is 6.73. The zero-order valence-electron chi connectivity index (χ0n) is 15.0. The summed E-state index contributed by atoms with van der Waals surface area (Å²) >= 11 is 3.56. The van der Waals surface area contributed by atoms with E-state index >= 15 is 0 Å². The Labute approximate surface area is 162 Å². The van der Waals surface area contributed by atoms with Gasteiger partial charge >= 0.3 is 0 Å². The van der Waals surface area contributed by atoms with Gasteiger partial charge in [-0.25, -0.2) is 0 Å². The number of halogens is 1.